The highest BCUT2D eigenvalue weighted by Crippen LogP contribution is 2.27. The van der Waals surface area contributed by atoms with Gasteiger partial charge >= 0.3 is 6.18 Å². The summed E-state index contributed by atoms with van der Waals surface area (Å²) in [6.45, 7) is 3.89. The zero-order valence-corrected chi connectivity index (χ0v) is 11.9. The van der Waals surface area contributed by atoms with E-state index >= 15 is 0 Å². The first-order valence-corrected chi connectivity index (χ1v) is 7.05. The molecule has 2 atom stereocenters. The van der Waals surface area contributed by atoms with Crippen molar-refractivity contribution in [2.45, 2.75) is 51.4 Å². The molecule has 0 aromatic carbocycles. The van der Waals surface area contributed by atoms with Gasteiger partial charge in [0, 0.05) is 23.4 Å². The Morgan fingerprint density at radius 1 is 1.33 bits per heavy atom. The second-order valence-corrected chi connectivity index (χ2v) is 6.19. The van der Waals surface area contributed by atoms with E-state index in [1.54, 1.807) is 0 Å². The third-order valence-electron chi connectivity index (χ3n) is 2.65. The largest absolute Gasteiger partial charge is 0.389 e. The topological polar surface area (TPSA) is 12.0 Å². The lowest BCUT2D eigenvalue weighted by Gasteiger charge is -2.19. The molecule has 1 aromatic heterocycles. The molecular formula is C12H17ClF3NS. The second-order valence-electron chi connectivity index (χ2n) is 4.44. The van der Waals surface area contributed by atoms with Crippen LogP contribution in [0.2, 0.25) is 4.34 Å². The molecule has 0 amide bonds. The molecule has 0 fully saturated rings. The van der Waals surface area contributed by atoms with Gasteiger partial charge in [-0.05, 0) is 38.8 Å². The molecule has 0 saturated heterocycles. The minimum Gasteiger partial charge on any atom is -0.307 e. The summed E-state index contributed by atoms with van der Waals surface area (Å²) in [7, 11) is 0. The zero-order valence-electron chi connectivity index (χ0n) is 10.4. The van der Waals surface area contributed by atoms with Gasteiger partial charge in [-0.3, -0.25) is 0 Å². The molecule has 0 bridgehead atoms. The van der Waals surface area contributed by atoms with Gasteiger partial charge in [-0.15, -0.1) is 11.3 Å². The first-order valence-electron chi connectivity index (χ1n) is 5.86. The van der Waals surface area contributed by atoms with Crippen LogP contribution < -0.4 is 5.32 Å². The van der Waals surface area contributed by atoms with Crippen LogP contribution in [0.1, 0.15) is 44.0 Å². The first-order chi connectivity index (χ1) is 8.28. The monoisotopic (exact) mass is 299 g/mol. The third kappa shape index (κ3) is 6.07. The average Bonchev–Trinajstić information content (AvgIpc) is 2.62. The Kier molecular flexibility index (Phi) is 5.95. The molecule has 0 saturated carbocycles. The SMILES string of the molecule is CC(CCCC(F)(F)F)NC(C)c1ccc(Cl)s1. The minimum atomic E-state index is -4.05. The lowest BCUT2D eigenvalue weighted by molar-refractivity contribution is -0.135. The molecule has 1 aromatic rings. The molecule has 0 aliphatic carbocycles. The lowest BCUT2D eigenvalue weighted by Crippen LogP contribution is -2.28. The number of hydrogen-bond donors (Lipinski definition) is 1. The van der Waals surface area contributed by atoms with Crippen LogP contribution >= 0.6 is 22.9 Å². The highest BCUT2D eigenvalue weighted by Gasteiger charge is 2.26. The Morgan fingerprint density at radius 2 is 2.00 bits per heavy atom. The van der Waals surface area contributed by atoms with Crippen molar-refractivity contribution < 1.29 is 13.2 Å². The molecule has 0 aliphatic heterocycles. The zero-order chi connectivity index (χ0) is 13.8. The van der Waals surface area contributed by atoms with E-state index < -0.39 is 12.6 Å². The van der Waals surface area contributed by atoms with Crippen molar-refractivity contribution in [1.29, 1.82) is 0 Å². The maximum Gasteiger partial charge on any atom is 0.389 e. The summed E-state index contributed by atoms with van der Waals surface area (Å²) in [4.78, 5) is 1.10. The molecule has 6 heteroatoms. The van der Waals surface area contributed by atoms with Gasteiger partial charge in [0.15, 0.2) is 0 Å². The van der Waals surface area contributed by atoms with Gasteiger partial charge in [-0.1, -0.05) is 11.6 Å². The maximum atomic E-state index is 12.0. The van der Waals surface area contributed by atoms with Crippen molar-refractivity contribution in [3.8, 4) is 0 Å². The summed E-state index contributed by atoms with van der Waals surface area (Å²) in [5, 5.41) is 3.28. The molecule has 1 nitrogen and oxygen atoms in total. The van der Waals surface area contributed by atoms with Crippen LogP contribution in [0.4, 0.5) is 13.2 Å². The molecule has 104 valence electrons. The molecule has 1 rings (SSSR count). The van der Waals surface area contributed by atoms with Crippen molar-refractivity contribution in [3.05, 3.63) is 21.3 Å². The molecule has 18 heavy (non-hydrogen) atoms. The minimum absolute atomic E-state index is 0.0585. The number of halogens is 4. The Hall–Kier alpha value is -0.260. The van der Waals surface area contributed by atoms with Gasteiger partial charge in [0.1, 0.15) is 0 Å². The molecule has 0 radical (unpaired) electrons. The number of rotatable bonds is 6. The Balaban J connectivity index is 2.29. The van der Waals surface area contributed by atoms with Crippen LogP contribution in [0.5, 0.6) is 0 Å². The fourth-order valence-electron chi connectivity index (χ4n) is 1.76. The predicted octanol–water partition coefficient (Wildman–Crippen LogP) is 5.17. The van der Waals surface area contributed by atoms with Gasteiger partial charge in [0.05, 0.1) is 4.34 Å². The van der Waals surface area contributed by atoms with Gasteiger partial charge in [0.25, 0.3) is 0 Å². The quantitative estimate of drug-likeness (QED) is 0.764. The third-order valence-corrected chi connectivity index (χ3v) is 4.07. The summed E-state index contributed by atoms with van der Waals surface area (Å²) in [6.07, 6.45) is -4.08. The number of nitrogens with one attached hydrogen (secondary N) is 1. The van der Waals surface area contributed by atoms with Crippen molar-refractivity contribution >= 4 is 22.9 Å². The fourth-order valence-corrected chi connectivity index (χ4v) is 2.83. The van der Waals surface area contributed by atoms with E-state index in [-0.39, 0.29) is 18.5 Å². The number of hydrogen-bond acceptors (Lipinski definition) is 2. The Morgan fingerprint density at radius 3 is 2.50 bits per heavy atom. The molecule has 0 aliphatic rings. The molecule has 1 N–H and O–H groups in total. The summed E-state index contributed by atoms with van der Waals surface area (Å²) < 4.78 is 36.7. The van der Waals surface area contributed by atoms with E-state index in [4.69, 9.17) is 11.6 Å². The van der Waals surface area contributed by atoms with Crippen LogP contribution in [0, 0.1) is 0 Å². The molecule has 2 unspecified atom stereocenters. The van der Waals surface area contributed by atoms with E-state index in [0.717, 1.165) is 9.21 Å². The van der Waals surface area contributed by atoms with E-state index in [1.165, 1.54) is 11.3 Å². The van der Waals surface area contributed by atoms with E-state index in [2.05, 4.69) is 5.32 Å². The van der Waals surface area contributed by atoms with Crippen LogP contribution in [0.15, 0.2) is 12.1 Å². The Bertz CT molecular complexity index is 364. The van der Waals surface area contributed by atoms with Crippen LogP contribution in [0.25, 0.3) is 0 Å². The maximum absolute atomic E-state index is 12.0. The van der Waals surface area contributed by atoms with Crippen molar-refractivity contribution in [1.82, 2.24) is 5.32 Å². The van der Waals surface area contributed by atoms with Gasteiger partial charge < -0.3 is 5.32 Å². The van der Waals surface area contributed by atoms with Crippen molar-refractivity contribution in [2.75, 3.05) is 0 Å². The summed E-state index contributed by atoms with van der Waals surface area (Å²) in [5.74, 6) is 0. The standard InChI is InChI=1S/C12H17ClF3NS/c1-8(4-3-7-12(14,15)16)17-9(2)10-5-6-11(13)18-10/h5-6,8-9,17H,3-4,7H2,1-2H3. The molecule has 0 spiro atoms. The van der Waals surface area contributed by atoms with E-state index in [1.807, 2.05) is 26.0 Å². The van der Waals surface area contributed by atoms with Crippen LogP contribution in [0.3, 0.4) is 0 Å². The van der Waals surface area contributed by atoms with Gasteiger partial charge in [-0.2, -0.15) is 13.2 Å². The number of thiophene rings is 1. The van der Waals surface area contributed by atoms with Gasteiger partial charge in [-0.25, -0.2) is 0 Å². The lowest BCUT2D eigenvalue weighted by atomic mass is 10.1. The highest BCUT2D eigenvalue weighted by atomic mass is 35.5. The van der Waals surface area contributed by atoms with Crippen LogP contribution in [-0.4, -0.2) is 12.2 Å². The van der Waals surface area contributed by atoms with Crippen LogP contribution in [-0.2, 0) is 0 Å². The summed E-state index contributed by atoms with van der Waals surface area (Å²) in [6, 6.07) is 3.94. The van der Waals surface area contributed by atoms with Crippen molar-refractivity contribution in [2.24, 2.45) is 0 Å². The van der Waals surface area contributed by atoms with E-state index in [9.17, 15) is 13.2 Å². The summed E-state index contributed by atoms with van der Waals surface area (Å²) in [5.41, 5.74) is 0. The smallest absolute Gasteiger partial charge is 0.307 e. The van der Waals surface area contributed by atoms with Crippen molar-refractivity contribution in [3.63, 3.8) is 0 Å². The normalized spacial score (nSPS) is 15.7. The fraction of sp³-hybridized carbons (Fsp3) is 0.667. The second kappa shape index (κ2) is 6.78. The molecule has 1 heterocycles. The Labute approximate surface area is 114 Å². The first kappa shape index (κ1) is 15.8. The average molecular weight is 300 g/mol. The van der Waals surface area contributed by atoms with Gasteiger partial charge in [0.2, 0.25) is 0 Å². The van der Waals surface area contributed by atoms with E-state index in [0.29, 0.717) is 6.42 Å². The highest BCUT2D eigenvalue weighted by molar-refractivity contribution is 7.16. The molecular weight excluding hydrogens is 283 g/mol. The predicted molar refractivity (Wildman–Crippen MR) is 70.2 cm³/mol. The summed E-state index contributed by atoms with van der Waals surface area (Å²) >= 11 is 7.33. The number of alkyl halides is 3.